The molecule has 25 heavy (non-hydrogen) atoms. The van der Waals surface area contributed by atoms with E-state index >= 15 is 0 Å². The third kappa shape index (κ3) is 3.71. The normalized spacial score (nSPS) is 14.1. The summed E-state index contributed by atoms with van der Waals surface area (Å²) in [7, 11) is 1.18. The number of amides is 1. The molecular weight excluding hydrogens is 375 g/mol. The number of β-amino-alcohol motifs (C(OH)–C–C–N with tert-alkyl or cyclic N) is 1. The first kappa shape index (κ1) is 19.0. The van der Waals surface area contributed by atoms with Crippen molar-refractivity contribution in [2.45, 2.75) is 0 Å². The molecule has 0 radical (unpaired) electrons. The van der Waals surface area contributed by atoms with E-state index in [-0.39, 0.29) is 52.3 Å². The molecule has 10 heteroatoms. The second kappa shape index (κ2) is 7.73. The van der Waals surface area contributed by atoms with Crippen LogP contribution in [0.25, 0.3) is 0 Å². The lowest BCUT2D eigenvalue weighted by molar-refractivity contribution is -0.136. The van der Waals surface area contributed by atoms with Crippen molar-refractivity contribution in [3.8, 4) is 0 Å². The van der Waals surface area contributed by atoms with Crippen molar-refractivity contribution >= 4 is 46.7 Å². The molecule has 1 aliphatic heterocycles. The minimum Gasteiger partial charge on any atom is -0.478 e. The van der Waals surface area contributed by atoms with Crippen LogP contribution in [-0.4, -0.2) is 59.8 Å². The number of nitrogens with zero attached hydrogens (tertiary/aromatic N) is 1. The number of rotatable bonds is 6. The molecule has 0 atom stereocenters. The van der Waals surface area contributed by atoms with Gasteiger partial charge in [0.05, 0.1) is 47.1 Å². The van der Waals surface area contributed by atoms with Gasteiger partial charge in [0.25, 0.3) is 5.91 Å². The van der Waals surface area contributed by atoms with Crippen LogP contribution in [0.1, 0.15) is 10.4 Å². The number of ether oxygens (including phenoxy) is 1. The number of anilines is 1. The quantitative estimate of drug-likeness (QED) is 0.630. The van der Waals surface area contributed by atoms with Crippen LogP contribution in [0, 0.1) is 0 Å². The standard InChI is InChI=1S/C15H14Cl2N2O6/c1-25-15(24)8-6-19(4-5-20)13(21)12(8)18-9-3-2-7(14(22)23)10(16)11(9)17/h2-3,18,20H,4-6H2,1H3,(H,22,23). The van der Waals surface area contributed by atoms with Gasteiger partial charge in [-0.15, -0.1) is 0 Å². The number of hydrogen-bond acceptors (Lipinski definition) is 6. The fourth-order valence-corrected chi connectivity index (χ4v) is 2.75. The minimum absolute atomic E-state index is 0.0348. The first-order valence-electron chi connectivity index (χ1n) is 7.01. The molecule has 1 heterocycles. The highest BCUT2D eigenvalue weighted by Crippen LogP contribution is 2.35. The monoisotopic (exact) mass is 388 g/mol. The number of hydrogen-bond donors (Lipinski definition) is 3. The van der Waals surface area contributed by atoms with Crippen LogP contribution in [0.15, 0.2) is 23.4 Å². The molecule has 1 aromatic carbocycles. The van der Waals surface area contributed by atoms with Crippen LogP contribution >= 0.6 is 23.2 Å². The van der Waals surface area contributed by atoms with Gasteiger partial charge in [0.15, 0.2) is 0 Å². The molecule has 1 aliphatic rings. The maximum atomic E-state index is 12.4. The fraction of sp³-hybridized carbons (Fsp3) is 0.267. The highest BCUT2D eigenvalue weighted by Gasteiger charge is 2.34. The Labute approximate surface area is 152 Å². The Hall–Kier alpha value is -2.29. The molecule has 0 saturated carbocycles. The average molecular weight is 389 g/mol. The molecule has 0 spiro atoms. The van der Waals surface area contributed by atoms with Gasteiger partial charge >= 0.3 is 11.9 Å². The summed E-state index contributed by atoms with van der Waals surface area (Å²) in [6.07, 6.45) is 0. The average Bonchev–Trinajstić information content (AvgIpc) is 2.88. The highest BCUT2D eigenvalue weighted by molar-refractivity contribution is 6.45. The summed E-state index contributed by atoms with van der Waals surface area (Å²) in [5, 5.41) is 20.5. The second-order valence-electron chi connectivity index (χ2n) is 5.01. The summed E-state index contributed by atoms with van der Waals surface area (Å²) in [5.74, 6) is -2.48. The van der Waals surface area contributed by atoms with E-state index < -0.39 is 17.8 Å². The topological polar surface area (TPSA) is 116 Å². The number of aromatic carboxylic acids is 1. The summed E-state index contributed by atoms with van der Waals surface area (Å²) < 4.78 is 4.67. The highest BCUT2D eigenvalue weighted by atomic mass is 35.5. The molecule has 8 nitrogen and oxygen atoms in total. The molecule has 0 fully saturated rings. The lowest BCUT2D eigenvalue weighted by Crippen LogP contribution is -2.31. The third-order valence-corrected chi connectivity index (χ3v) is 4.41. The van der Waals surface area contributed by atoms with Crippen molar-refractivity contribution in [1.29, 1.82) is 0 Å². The zero-order chi connectivity index (χ0) is 18.7. The van der Waals surface area contributed by atoms with Crippen molar-refractivity contribution in [1.82, 2.24) is 4.90 Å². The third-order valence-electron chi connectivity index (χ3n) is 3.53. The Morgan fingerprint density at radius 3 is 2.56 bits per heavy atom. The Bertz CT molecular complexity index is 778. The zero-order valence-corrected chi connectivity index (χ0v) is 14.5. The van der Waals surface area contributed by atoms with Crippen molar-refractivity contribution in [2.75, 3.05) is 32.1 Å². The Morgan fingerprint density at radius 2 is 2.00 bits per heavy atom. The first-order valence-corrected chi connectivity index (χ1v) is 7.77. The van der Waals surface area contributed by atoms with Gasteiger partial charge in [-0.25, -0.2) is 9.59 Å². The SMILES string of the molecule is COC(=O)C1=C(Nc2ccc(C(=O)O)c(Cl)c2Cl)C(=O)N(CCO)C1. The zero-order valence-electron chi connectivity index (χ0n) is 13.0. The molecule has 1 aromatic rings. The van der Waals surface area contributed by atoms with E-state index in [0.29, 0.717) is 0 Å². The molecule has 0 unspecified atom stereocenters. The van der Waals surface area contributed by atoms with Gasteiger partial charge in [-0.3, -0.25) is 4.79 Å². The maximum Gasteiger partial charge on any atom is 0.337 e. The van der Waals surface area contributed by atoms with Gasteiger partial charge in [-0.2, -0.15) is 0 Å². The first-order chi connectivity index (χ1) is 11.8. The molecule has 0 aliphatic carbocycles. The summed E-state index contributed by atoms with van der Waals surface area (Å²) in [5.41, 5.74) is -0.0388. The number of carbonyl (C=O) groups excluding carboxylic acids is 2. The predicted molar refractivity (Wildman–Crippen MR) is 89.8 cm³/mol. The van der Waals surface area contributed by atoms with Crippen LogP contribution < -0.4 is 5.32 Å². The van der Waals surface area contributed by atoms with E-state index in [2.05, 4.69) is 10.1 Å². The minimum atomic E-state index is -1.25. The van der Waals surface area contributed by atoms with Gasteiger partial charge in [-0.1, -0.05) is 23.2 Å². The Kier molecular flexibility index (Phi) is 5.89. The Balaban J connectivity index is 2.42. The summed E-state index contributed by atoms with van der Waals surface area (Å²) in [6.45, 7) is -0.267. The molecule has 0 aromatic heterocycles. The van der Waals surface area contributed by atoms with E-state index in [1.807, 2.05) is 0 Å². The van der Waals surface area contributed by atoms with E-state index in [1.54, 1.807) is 0 Å². The van der Waals surface area contributed by atoms with Crippen molar-refractivity contribution in [2.24, 2.45) is 0 Å². The number of methoxy groups -OCH3 is 1. The summed E-state index contributed by atoms with van der Waals surface area (Å²) >= 11 is 12.0. The molecular formula is C15H14Cl2N2O6. The number of aliphatic hydroxyl groups excluding tert-OH is 1. The van der Waals surface area contributed by atoms with Crippen LogP contribution in [-0.2, 0) is 14.3 Å². The van der Waals surface area contributed by atoms with Crippen LogP contribution in [0.5, 0.6) is 0 Å². The van der Waals surface area contributed by atoms with E-state index in [0.717, 1.165) is 0 Å². The number of carboxylic acid groups (broad SMARTS) is 1. The van der Waals surface area contributed by atoms with Crippen LogP contribution in [0.4, 0.5) is 5.69 Å². The summed E-state index contributed by atoms with van der Waals surface area (Å²) in [4.78, 5) is 36.6. The lowest BCUT2D eigenvalue weighted by Gasteiger charge is -2.15. The lowest BCUT2D eigenvalue weighted by atomic mass is 10.2. The van der Waals surface area contributed by atoms with Crippen molar-refractivity contribution < 1.29 is 29.3 Å². The van der Waals surface area contributed by atoms with E-state index in [4.69, 9.17) is 33.4 Å². The van der Waals surface area contributed by atoms with Crippen LogP contribution in [0.2, 0.25) is 10.0 Å². The second-order valence-corrected chi connectivity index (χ2v) is 5.77. The smallest absolute Gasteiger partial charge is 0.337 e. The number of carbonyl (C=O) groups is 3. The fourth-order valence-electron chi connectivity index (χ4n) is 2.29. The van der Waals surface area contributed by atoms with Gasteiger partial charge in [-0.05, 0) is 12.1 Å². The van der Waals surface area contributed by atoms with Crippen LogP contribution in [0.3, 0.4) is 0 Å². The van der Waals surface area contributed by atoms with Gasteiger partial charge in [0.1, 0.15) is 5.70 Å². The number of esters is 1. The number of carboxylic acids is 1. The van der Waals surface area contributed by atoms with Gasteiger partial charge in [0.2, 0.25) is 0 Å². The van der Waals surface area contributed by atoms with Gasteiger partial charge in [0, 0.05) is 6.54 Å². The molecule has 134 valence electrons. The molecule has 2 rings (SSSR count). The largest absolute Gasteiger partial charge is 0.478 e. The van der Waals surface area contributed by atoms with E-state index in [1.165, 1.54) is 24.1 Å². The molecule has 3 N–H and O–H groups in total. The summed E-state index contributed by atoms with van der Waals surface area (Å²) in [6, 6.07) is 2.56. The molecule has 1 amide bonds. The number of aliphatic hydroxyl groups is 1. The van der Waals surface area contributed by atoms with E-state index in [9.17, 15) is 14.4 Å². The predicted octanol–water partition coefficient (Wildman–Crippen LogP) is 1.37. The number of benzene rings is 1. The molecule has 0 bridgehead atoms. The Morgan fingerprint density at radius 1 is 1.32 bits per heavy atom. The molecule has 0 saturated heterocycles. The maximum absolute atomic E-state index is 12.4. The van der Waals surface area contributed by atoms with Crippen molar-refractivity contribution in [3.63, 3.8) is 0 Å². The number of halogens is 2. The van der Waals surface area contributed by atoms with Gasteiger partial charge < -0.3 is 25.2 Å². The van der Waals surface area contributed by atoms with Crippen molar-refractivity contribution in [3.05, 3.63) is 39.0 Å². The number of nitrogens with one attached hydrogen (secondary N) is 1.